The molecule has 432 valence electrons. The molecule has 5 unspecified atom stereocenters. The summed E-state index contributed by atoms with van der Waals surface area (Å²) in [7, 11) is -25.8. The van der Waals surface area contributed by atoms with Crippen LogP contribution in [0.3, 0.4) is 0 Å². The molecule has 1 fully saturated rings. The zero-order valence-electron chi connectivity index (χ0n) is 43.3. The van der Waals surface area contributed by atoms with Crippen LogP contribution in [0.15, 0.2) is 82.8 Å². The number of anilines is 1. The van der Waals surface area contributed by atoms with E-state index in [4.69, 9.17) is 9.26 Å². The van der Waals surface area contributed by atoms with Crippen molar-refractivity contribution in [2.24, 2.45) is 0 Å². The molecule has 32 heteroatoms. The van der Waals surface area contributed by atoms with Crippen LogP contribution in [0.2, 0.25) is 0 Å². The van der Waals surface area contributed by atoms with Crippen LogP contribution in [0, 0.1) is 6.92 Å². The van der Waals surface area contributed by atoms with Crippen LogP contribution < -0.4 is 10.2 Å². The standard InChI is InChI=1S/C47H62N7O20P3S2/c1-5-52-35-19-17-31(78(64,65)66)24-33(35)46(3)27-47(4)34-25-32(79(67,68)69)18-20-36(34)53(39(47)15-13-14-38(46)52)22-11-8-9-16-40(55)48-21-10-6-7-12-23-70-75(58,59)73-77(62,63)74-76(60,61)71-26-37-42(56)43(57)45(72-37)54-29-51-41-30(2)49-28-50-44(41)54/h13-15,17-20,24-25,28-29,37,42-43,45,56-57H,5-12,16,21-23,26-27H2,1-4H3,(H5-,48,55,58,59,60,61,62,63,64,65,66,67,68,69)/p+1/t37-,42-,43-,45-,46?,47?/m1/s1. The first-order valence-electron chi connectivity index (χ1n) is 25.2. The van der Waals surface area contributed by atoms with Crippen LogP contribution in [-0.4, -0.2) is 138 Å². The zero-order chi connectivity index (χ0) is 57.5. The van der Waals surface area contributed by atoms with Gasteiger partial charge in [0.05, 0.1) is 40.4 Å². The van der Waals surface area contributed by atoms with Crippen molar-refractivity contribution in [1.82, 2.24) is 24.8 Å². The zero-order valence-corrected chi connectivity index (χ0v) is 47.7. The molecule has 4 aliphatic rings. The van der Waals surface area contributed by atoms with Crippen molar-refractivity contribution in [3.63, 3.8) is 0 Å². The van der Waals surface area contributed by atoms with Gasteiger partial charge in [0, 0.05) is 60.4 Å². The highest BCUT2D eigenvalue weighted by molar-refractivity contribution is 7.86. The lowest BCUT2D eigenvalue weighted by atomic mass is 9.64. The first-order chi connectivity index (χ1) is 37.0. The second-order valence-electron chi connectivity index (χ2n) is 19.9. The third kappa shape index (κ3) is 13.2. The molecule has 5 heterocycles. The number of amides is 1. The number of nitrogens with zero attached hydrogens (tertiary/aromatic N) is 6. The van der Waals surface area contributed by atoms with Gasteiger partial charge in [-0.2, -0.15) is 30.0 Å². The molecule has 27 nitrogen and oxygen atoms in total. The third-order valence-electron chi connectivity index (χ3n) is 14.4. The van der Waals surface area contributed by atoms with Gasteiger partial charge in [-0.15, -0.1) is 0 Å². The van der Waals surface area contributed by atoms with Crippen molar-refractivity contribution < 1.29 is 96.3 Å². The Morgan fingerprint density at radius 1 is 0.835 bits per heavy atom. The van der Waals surface area contributed by atoms with E-state index in [1.807, 2.05) is 39.0 Å². The van der Waals surface area contributed by atoms with Gasteiger partial charge in [-0.1, -0.05) is 18.9 Å². The van der Waals surface area contributed by atoms with Crippen molar-refractivity contribution >= 4 is 77.9 Å². The number of phosphoric ester groups is 2. The number of aryl methyl sites for hydroxylation is 1. The van der Waals surface area contributed by atoms with Gasteiger partial charge < -0.3 is 39.8 Å². The Balaban J connectivity index is 0.756. The number of carbonyl (C=O) groups is 1. The second kappa shape index (κ2) is 23.4. The Morgan fingerprint density at radius 3 is 2.19 bits per heavy atom. The number of aromatic nitrogens is 4. The van der Waals surface area contributed by atoms with Crippen LogP contribution in [-0.2, 0) is 72.0 Å². The maximum absolute atomic E-state index is 12.8. The molecule has 3 aliphatic heterocycles. The number of phosphoric acid groups is 3. The average Bonchev–Trinajstić information content (AvgIpc) is 3.38. The Hall–Kier alpha value is -4.48. The first kappa shape index (κ1) is 60.6. The summed E-state index contributed by atoms with van der Waals surface area (Å²) in [4.78, 5) is 56.8. The summed E-state index contributed by atoms with van der Waals surface area (Å²) < 4.78 is 134. The van der Waals surface area contributed by atoms with Gasteiger partial charge >= 0.3 is 23.5 Å². The van der Waals surface area contributed by atoms with E-state index in [0.717, 1.165) is 22.8 Å². The van der Waals surface area contributed by atoms with Crippen molar-refractivity contribution in [3.8, 4) is 0 Å². The molecular formula is C47H63N7O20P3S2+. The lowest BCUT2D eigenvalue weighted by Gasteiger charge is -2.37. The predicted octanol–water partition coefficient (Wildman–Crippen LogP) is 5.55. The molecule has 0 spiro atoms. The van der Waals surface area contributed by atoms with Crippen LogP contribution in [0.25, 0.3) is 11.2 Å². The number of unbranched alkanes of at least 4 members (excludes halogenated alkanes) is 5. The number of likely N-dealkylation sites (N-methyl/N-ethyl adjacent to an activating group) is 1. The number of fused-ring (bicyclic) bond motifs is 7. The molecular weight excluding hydrogens is 1140 g/mol. The van der Waals surface area contributed by atoms with Crippen molar-refractivity contribution in [3.05, 3.63) is 89.8 Å². The van der Waals surface area contributed by atoms with E-state index in [2.05, 4.69) is 42.9 Å². The summed E-state index contributed by atoms with van der Waals surface area (Å²) in [5.74, 6) is -0.169. The number of aliphatic hydroxyl groups is 2. The van der Waals surface area contributed by atoms with Gasteiger partial charge in [0.1, 0.15) is 36.7 Å². The van der Waals surface area contributed by atoms with Crippen LogP contribution >= 0.6 is 23.5 Å². The van der Waals surface area contributed by atoms with Gasteiger partial charge in [-0.3, -0.25) is 27.5 Å². The number of hydrogen-bond donors (Lipinski definition) is 8. The lowest BCUT2D eigenvalue weighted by Crippen LogP contribution is -2.41. The van der Waals surface area contributed by atoms with Gasteiger partial charge in [0.2, 0.25) is 11.6 Å². The van der Waals surface area contributed by atoms with Crippen LogP contribution in [0.4, 0.5) is 11.4 Å². The molecule has 2 aromatic heterocycles. The molecule has 1 saturated heterocycles. The molecule has 8 N–H and O–H groups in total. The van der Waals surface area contributed by atoms with Crippen LogP contribution in [0.1, 0.15) is 102 Å². The molecule has 8 rings (SSSR count). The number of rotatable bonds is 25. The predicted molar refractivity (Wildman–Crippen MR) is 281 cm³/mol. The maximum atomic E-state index is 12.8. The molecule has 4 aromatic rings. The Morgan fingerprint density at radius 2 is 1.49 bits per heavy atom. The minimum atomic E-state index is -5.80. The molecule has 1 aliphatic carbocycles. The smallest absolute Gasteiger partial charge is 0.387 e. The number of nitrogens with one attached hydrogen (secondary N) is 1. The summed E-state index contributed by atoms with van der Waals surface area (Å²) in [6.07, 6.45) is 6.56. The fourth-order valence-electron chi connectivity index (χ4n) is 10.8. The molecule has 1 amide bonds. The number of hydrogen-bond acceptors (Lipinski definition) is 19. The SMILES string of the molecule is CCN1/C2=C/C=C/C3=[N+](CCCCCC(=O)NCCCCCCOP(=O)(O)OP(=O)(O)OP(=O)(O)OC[C@H]4O[C@@H](n5cnc6c(C)ncnc65)[C@H](O)[C@@H]4O)c4ccc(S(=O)(=O)O)cc4C3(C)CC2(C)c2cc(S(=O)(=O)O)ccc21. The van der Waals surface area contributed by atoms with E-state index in [1.54, 1.807) is 19.1 Å². The molecule has 9 atom stereocenters. The third-order valence-corrected chi connectivity index (χ3v) is 20.4. The lowest BCUT2D eigenvalue weighted by molar-refractivity contribution is -0.438. The van der Waals surface area contributed by atoms with E-state index >= 15 is 0 Å². The Bertz CT molecular complexity index is 3490. The first-order valence-corrected chi connectivity index (χ1v) is 32.5. The quantitative estimate of drug-likeness (QED) is 0.0174. The van der Waals surface area contributed by atoms with Crippen LogP contribution in [0.5, 0.6) is 0 Å². The highest BCUT2D eigenvalue weighted by Gasteiger charge is 2.56. The van der Waals surface area contributed by atoms with Crippen molar-refractivity contribution in [2.45, 2.75) is 131 Å². The largest absolute Gasteiger partial charge is 0.490 e. The molecule has 0 saturated carbocycles. The Kier molecular flexibility index (Phi) is 18.0. The Labute approximate surface area is 455 Å². The van der Waals surface area contributed by atoms with Gasteiger partial charge in [-0.25, -0.2) is 28.6 Å². The van der Waals surface area contributed by atoms with Crippen molar-refractivity contribution in [1.29, 1.82) is 0 Å². The number of aliphatic hydroxyl groups excluding tert-OH is 2. The average molecular weight is 1200 g/mol. The minimum absolute atomic E-state index is 0.169. The van der Waals surface area contributed by atoms with E-state index in [9.17, 15) is 69.3 Å². The number of imidazole rings is 1. The monoisotopic (exact) mass is 1200 g/mol. The van der Waals surface area contributed by atoms with Crippen molar-refractivity contribution in [2.75, 3.05) is 37.7 Å². The summed E-state index contributed by atoms with van der Waals surface area (Å²) in [6.45, 7) is 7.66. The van der Waals surface area contributed by atoms with E-state index < -0.39 is 92.3 Å². The fraction of sp³-hybridized carbons (Fsp3) is 0.511. The summed E-state index contributed by atoms with van der Waals surface area (Å²) in [5, 5.41) is 24.0. The summed E-state index contributed by atoms with van der Waals surface area (Å²) in [6, 6.07) is 9.05. The van der Waals surface area contributed by atoms with E-state index in [-0.39, 0.29) is 34.2 Å². The summed E-state index contributed by atoms with van der Waals surface area (Å²) >= 11 is 0. The number of allylic oxidation sites excluding steroid dienone is 4. The fourth-order valence-corrected chi connectivity index (χ4v) is 15.4. The normalized spacial score (nSPS) is 26.2. The second-order valence-corrected chi connectivity index (χ2v) is 27.4. The number of carbonyl (C=O) groups excluding carboxylic acids is 1. The van der Waals surface area contributed by atoms with Gasteiger partial charge in [-0.05, 0) is 102 Å². The van der Waals surface area contributed by atoms with Gasteiger partial charge in [0.25, 0.3) is 20.2 Å². The summed E-state index contributed by atoms with van der Waals surface area (Å²) in [5.41, 5.74) is 4.12. The highest BCUT2D eigenvalue weighted by Crippen LogP contribution is 2.68. The number of ether oxygens (including phenoxy) is 1. The molecule has 0 radical (unpaired) electrons. The molecule has 0 bridgehead atoms. The molecule has 79 heavy (non-hydrogen) atoms. The van der Waals surface area contributed by atoms with E-state index in [0.29, 0.717) is 86.9 Å². The maximum Gasteiger partial charge on any atom is 0.490 e. The van der Waals surface area contributed by atoms with E-state index in [1.165, 1.54) is 41.5 Å². The minimum Gasteiger partial charge on any atom is -0.387 e. The highest BCUT2D eigenvalue weighted by atomic mass is 32.2. The molecule has 2 aromatic carbocycles. The number of benzene rings is 2. The van der Waals surface area contributed by atoms with Gasteiger partial charge in [0.15, 0.2) is 17.6 Å². The topological polar surface area (TPSA) is 386 Å².